The van der Waals surface area contributed by atoms with Crippen molar-refractivity contribution in [2.45, 2.75) is 41.5 Å². The fourth-order valence-corrected chi connectivity index (χ4v) is 7.79. The van der Waals surface area contributed by atoms with Crippen LogP contribution in [0.2, 0.25) is 0 Å². The highest BCUT2D eigenvalue weighted by Gasteiger charge is 2.71. The number of aliphatic hydroxyl groups excluding tert-OH is 1. The van der Waals surface area contributed by atoms with E-state index in [0.717, 1.165) is 11.8 Å². The molecule has 3 heterocycles. The van der Waals surface area contributed by atoms with Crippen molar-refractivity contribution in [3.63, 3.8) is 0 Å². The molecule has 1 aromatic rings. The van der Waals surface area contributed by atoms with Crippen LogP contribution >= 0.6 is 23.5 Å². The Kier molecular flexibility index (Phi) is 7.44. The van der Waals surface area contributed by atoms with Gasteiger partial charge < -0.3 is 33.9 Å². The molecule has 13 heteroatoms. The lowest BCUT2D eigenvalue weighted by Crippen LogP contribution is -2.71. The number of thioether (sulfide) groups is 2. The van der Waals surface area contributed by atoms with Crippen LogP contribution in [0.25, 0.3) is 0 Å². The van der Waals surface area contributed by atoms with Gasteiger partial charge in [-0.3, -0.25) is 14.4 Å². The van der Waals surface area contributed by atoms with Gasteiger partial charge in [0.2, 0.25) is 11.9 Å². The topological polar surface area (TPSA) is 139 Å². The number of carbonyl (C=O) groups is 3. The largest absolute Gasteiger partial charge is 0.454 e. The van der Waals surface area contributed by atoms with Gasteiger partial charge in [0.25, 0.3) is 11.8 Å². The first-order valence-electron chi connectivity index (χ1n) is 11.5. The Morgan fingerprint density at radius 1 is 1.24 bits per heavy atom. The van der Waals surface area contributed by atoms with Gasteiger partial charge in [-0.25, -0.2) is 0 Å². The van der Waals surface area contributed by atoms with E-state index >= 15 is 0 Å². The summed E-state index contributed by atoms with van der Waals surface area (Å²) < 4.78 is 21.0. The first kappa shape index (κ1) is 27.5. The zero-order valence-corrected chi connectivity index (χ0v) is 22.8. The highest BCUT2D eigenvalue weighted by atomic mass is 32.2. The maximum absolute atomic E-state index is 14.4. The molecule has 0 saturated carbocycles. The summed E-state index contributed by atoms with van der Waals surface area (Å²) in [5.74, 6) is -0.0504. The van der Waals surface area contributed by atoms with Crippen molar-refractivity contribution in [2.75, 3.05) is 41.3 Å². The van der Waals surface area contributed by atoms with Gasteiger partial charge in [-0.15, -0.1) is 0 Å². The number of aliphatic hydroxyl groups is 1. The Balaban J connectivity index is 1.90. The number of nitrogens with zero attached hydrogens (tertiary/aromatic N) is 3. The Labute approximate surface area is 223 Å². The molecule has 2 saturated heterocycles. The van der Waals surface area contributed by atoms with Crippen LogP contribution in [0.1, 0.15) is 31.9 Å². The van der Waals surface area contributed by atoms with Crippen molar-refractivity contribution >= 4 is 40.5 Å². The molecule has 0 bridgehead atoms. The maximum atomic E-state index is 14.4. The number of hydrogen-bond acceptors (Lipinski definition) is 11. The molecule has 0 spiro atoms. The summed E-state index contributed by atoms with van der Waals surface area (Å²) in [5, 5.41) is 20.7. The molecular weight excluding hydrogens is 522 g/mol. The van der Waals surface area contributed by atoms with Crippen molar-refractivity contribution in [1.82, 2.24) is 9.80 Å². The lowest BCUT2D eigenvalue weighted by molar-refractivity contribution is -0.164. The summed E-state index contributed by atoms with van der Waals surface area (Å²) in [5.41, 5.74) is -1.83. The third-order valence-corrected chi connectivity index (χ3v) is 9.44. The number of carbonyl (C=O) groups excluding carboxylic acids is 3. The predicted octanol–water partition coefficient (Wildman–Crippen LogP) is 1.71. The van der Waals surface area contributed by atoms with Gasteiger partial charge in [0.05, 0.1) is 24.1 Å². The smallest absolute Gasteiger partial charge is 0.261 e. The number of hydrogen-bond donors (Lipinski definition) is 1. The molecule has 200 valence electrons. The van der Waals surface area contributed by atoms with Crippen LogP contribution in [-0.4, -0.2) is 88.3 Å². The van der Waals surface area contributed by atoms with Crippen LogP contribution < -0.4 is 9.47 Å². The number of ether oxygens (including phenoxy) is 4. The van der Waals surface area contributed by atoms with Crippen LogP contribution in [0.3, 0.4) is 0 Å². The van der Waals surface area contributed by atoms with E-state index in [9.17, 15) is 24.8 Å². The summed E-state index contributed by atoms with van der Waals surface area (Å²) in [7, 11) is 4.23. The second-order valence-corrected chi connectivity index (χ2v) is 12.4. The van der Waals surface area contributed by atoms with Crippen LogP contribution in [-0.2, 0) is 23.9 Å². The van der Waals surface area contributed by atoms with Crippen molar-refractivity contribution in [1.29, 1.82) is 5.26 Å². The predicted molar refractivity (Wildman–Crippen MR) is 134 cm³/mol. The lowest BCUT2D eigenvalue weighted by Gasteiger charge is -2.53. The monoisotopic (exact) mass is 551 g/mol. The highest BCUT2D eigenvalue weighted by Crippen LogP contribution is 2.63. The summed E-state index contributed by atoms with van der Waals surface area (Å²) in [4.78, 5) is 40.6. The second kappa shape index (κ2) is 9.99. The normalized spacial score (nSPS) is 31.3. The molecule has 2 fully saturated rings. The third kappa shape index (κ3) is 4.34. The van der Waals surface area contributed by atoms with E-state index in [0.29, 0.717) is 28.8 Å². The standard InChI is InChI=1S/C24H29N3O8S2/c1-22(12-25)11-24(37-18(29)10-33-5)21(31)26(3)23(2,36-17(28)9-32-4)20(30)27(24)19(22)14-6-7-15-16(8-14)35-13-34-15/h6-8,18-19,29H,9-11,13H2,1-5H3/t18?,19-,22+,23-,24?/m0/s1. The molecular formula is C24H29N3O8S2. The minimum Gasteiger partial charge on any atom is -0.454 e. The van der Waals surface area contributed by atoms with Gasteiger partial charge in [0.1, 0.15) is 12.0 Å². The maximum Gasteiger partial charge on any atom is 0.261 e. The molecule has 11 nitrogen and oxygen atoms in total. The molecule has 3 aliphatic heterocycles. The third-order valence-electron chi connectivity index (χ3n) is 6.93. The average molecular weight is 552 g/mol. The molecule has 3 aliphatic rings. The van der Waals surface area contributed by atoms with Gasteiger partial charge in [-0.1, -0.05) is 17.8 Å². The molecule has 0 radical (unpaired) electrons. The van der Waals surface area contributed by atoms with Crippen molar-refractivity contribution in [3.8, 4) is 17.6 Å². The van der Waals surface area contributed by atoms with Gasteiger partial charge in [0, 0.05) is 27.7 Å². The first-order valence-corrected chi connectivity index (χ1v) is 13.2. The fourth-order valence-electron chi connectivity index (χ4n) is 5.19. The fraction of sp³-hybridized carbons (Fsp3) is 0.583. The summed E-state index contributed by atoms with van der Waals surface area (Å²) in [6, 6.07) is 6.57. The van der Waals surface area contributed by atoms with Gasteiger partial charge in [-0.05, 0) is 43.3 Å². The number of benzene rings is 1. The Bertz CT molecular complexity index is 1160. The molecule has 0 aliphatic carbocycles. The Hall–Kier alpha value is -2.50. The Morgan fingerprint density at radius 2 is 1.95 bits per heavy atom. The number of piperazine rings is 1. The molecule has 2 amide bonds. The quantitative estimate of drug-likeness (QED) is 0.472. The van der Waals surface area contributed by atoms with E-state index in [1.807, 2.05) is 0 Å². The van der Waals surface area contributed by atoms with Crippen molar-refractivity contribution in [3.05, 3.63) is 23.8 Å². The molecule has 4 rings (SSSR count). The minimum atomic E-state index is -1.63. The average Bonchev–Trinajstić information content (AvgIpc) is 3.42. The molecule has 2 unspecified atom stereocenters. The molecule has 1 aromatic carbocycles. The number of amides is 2. The highest BCUT2D eigenvalue weighted by molar-refractivity contribution is 8.15. The SMILES string of the molecule is COCC(=O)S[C@@]1(C)C(=O)N2[C@@H](c3ccc4c(c3)OCO4)[C@@](C)(C#N)CC2(SC(O)COC)C(=O)N1C. The first-order chi connectivity index (χ1) is 17.5. The minimum absolute atomic E-state index is 0.0459. The number of nitriles is 1. The number of likely N-dealkylation sites (N-methyl/N-ethyl adjacent to an activating group) is 1. The van der Waals surface area contributed by atoms with E-state index in [-0.39, 0.29) is 26.4 Å². The van der Waals surface area contributed by atoms with E-state index in [1.54, 1.807) is 25.1 Å². The van der Waals surface area contributed by atoms with Gasteiger partial charge in [-0.2, -0.15) is 5.26 Å². The van der Waals surface area contributed by atoms with Crippen LogP contribution in [0.5, 0.6) is 11.5 Å². The van der Waals surface area contributed by atoms with E-state index in [4.69, 9.17) is 18.9 Å². The van der Waals surface area contributed by atoms with Gasteiger partial charge in [0.15, 0.2) is 21.2 Å². The number of methoxy groups -OCH3 is 2. The van der Waals surface area contributed by atoms with Crippen LogP contribution in [0.15, 0.2) is 18.2 Å². The lowest BCUT2D eigenvalue weighted by atomic mass is 9.79. The van der Waals surface area contributed by atoms with Crippen molar-refractivity contribution < 1.29 is 38.4 Å². The van der Waals surface area contributed by atoms with E-state index in [2.05, 4.69) is 6.07 Å². The van der Waals surface area contributed by atoms with Crippen LogP contribution in [0, 0.1) is 16.7 Å². The van der Waals surface area contributed by atoms with Gasteiger partial charge >= 0.3 is 0 Å². The number of rotatable bonds is 8. The second-order valence-electron chi connectivity index (χ2n) is 9.46. The molecule has 5 atom stereocenters. The summed E-state index contributed by atoms with van der Waals surface area (Å²) in [6.07, 6.45) is -0.0529. The zero-order chi connectivity index (χ0) is 27.2. The molecule has 1 N–H and O–H groups in total. The van der Waals surface area contributed by atoms with E-state index in [1.165, 1.54) is 38.0 Å². The zero-order valence-electron chi connectivity index (χ0n) is 21.2. The number of fused-ring (bicyclic) bond motifs is 2. The summed E-state index contributed by atoms with van der Waals surface area (Å²) >= 11 is 1.56. The van der Waals surface area contributed by atoms with Crippen LogP contribution in [0.4, 0.5) is 0 Å². The summed E-state index contributed by atoms with van der Waals surface area (Å²) in [6.45, 7) is 2.90. The Morgan fingerprint density at radius 3 is 2.59 bits per heavy atom. The van der Waals surface area contributed by atoms with Crippen molar-refractivity contribution in [2.24, 2.45) is 5.41 Å². The molecule has 37 heavy (non-hydrogen) atoms. The van der Waals surface area contributed by atoms with E-state index < -0.39 is 43.6 Å². The molecule has 0 aromatic heterocycles.